The van der Waals surface area contributed by atoms with Crippen molar-refractivity contribution in [3.8, 4) is 6.07 Å². The van der Waals surface area contributed by atoms with Crippen LogP contribution in [-0.4, -0.2) is 19.1 Å². The highest BCUT2D eigenvalue weighted by molar-refractivity contribution is 6.32. The van der Waals surface area contributed by atoms with Gasteiger partial charge in [0.15, 0.2) is 0 Å². The van der Waals surface area contributed by atoms with Gasteiger partial charge in [0.2, 0.25) is 0 Å². The lowest BCUT2D eigenvalue weighted by molar-refractivity contribution is 0.745. The second-order valence-corrected chi connectivity index (χ2v) is 4.28. The molecular formula is C11H10ClN5. The highest BCUT2D eigenvalue weighted by Crippen LogP contribution is 2.26. The first-order valence-electron chi connectivity index (χ1n) is 5.23. The van der Waals surface area contributed by atoms with E-state index in [0.29, 0.717) is 17.1 Å². The van der Waals surface area contributed by atoms with Crippen LogP contribution in [0.3, 0.4) is 0 Å². The monoisotopic (exact) mass is 247 g/mol. The second-order valence-electron chi connectivity index (χ2n) is 3.87. The van der Waals surface area contributed by atoms with Gasteiger partial charge in [-0.2, -0.15) is 5.26 Å². The normalized spacial score (nSPS) is 18.6. The van der Waals surface area contributed by atoms with Crippen molar-refractivity contribution in [3.63, 3.8) is 0 Å². The number of nitriles is 1. The van der Waals surface area contributed by atoms with Crippen LogP contribution in [-0.2, 0) is 0 Å². The first kappa shape index (κ1) is 11.6. The maximum atomic E-state index is 8.78. The fourth-order valence-electron chi connectivity index (χ4n) is 1.94. The summed E-state index contributed by atoms with van der Waals surface area (Å²) in [5, 5.41) is 12.9. The molecule has 1 fully saturated rings. The van der Waals surface area contributed by atoms with Crippen molar-refractivity contribution in [2.24, 2.45) is 5.11 Å². The Labute approximate surface area is 104 Å². The SMILES string of the molecule is N#Cc1ccc(N2CC[C@H](N=[N+]=[N-])C2)cc1Cl. The average molecular weight is 248 g/mol. The van der Waals surface area contributed by atoms with Gasteiger partial charge in [-0.15, -0.1) is 0 Å². The van der Waals surface area contributed by atoms with E-state index in [-0.39, 0.29) is 6.04 Å². The number of hydrogen-bond donors (Lipinski definition) is 0. The summed E-state index contributed by atoms with van der Waals surface area (Å²) in [6, 6.07) is 7.39. The Kier molecular flexibility index (Phi) is 3.38. The first-order chi connectivity index (χ1) is 8.24. The van der Waals surface area contributed by atoms with Gasteiger partial charge in [-0.1, -0.05) is 16.7 Å². The van der Waals surface area contributed by atoms with Crippen LogP contribution < -0.4 is 4.90 Å². The minimum atomic E-state index is 0.0226. The van der Waals surface area contributed by atoms with Crippen LogP contribution in [0.1, 0.15) is 12.0 Å². The third-order valence-corrected chi connectivity index (χ3v) is 3.13. The molecule has 0 unspecified atom stereocenters. The quantitative estimate of drug-likeness (QED) is 0.457. The minimum Gasteiger partial charge on any atom is -0.371 e. The number of rotatable bonds is 2. The van der Waals surface area contributed by atoms with Crippen LogP contribution in [0.25, 0.3) is 10.4 Å². The summed E-state index contributed by atoms with van der Waals surface area (Å²) >= 11 is 5.97. The predicted octanol–water partition coefficient (Wildman–Crippen LogP) is 3.10. The van der Waals surface area contributed by atoms with E-state index in [1.807, 2.05) is 12.1 Å². The zero-order chi connectivity index (χ0) is 12.3. The summed E-state index contributed by atoms with van der Waals surface area (Å²) in [6.07, 6.45) is 0.849. The van der Waals surface area contributed by atoms with Crippen LogP contribution in [0.4, 0.5) is 5.69 Å². The van der Waals surface area contributed by atoms with Crippen LogP contribution in [0.15, 0.2) is 23.3 Å². The van der Waals surface area contributed by atoms with Crippen molar-refractivity contribution in [1.29, 1.82) is 5.26 Å². The molecule has 17 heavy (non-hydrogen) atoms. The molecule has 5 nitrogen and oxygen atoms in total. The van der Waals surface area contributed by atoms with Crippen molar-refractivity contribution < 1.29 is 0 Å². The van der Waals surface area contributed by atoms with E-state index in [1.54, 1.807) is 12.1 Å². The number of azide groups is 1. The lowest BCUT2D eigenvalue weighted by atomic mass is 10.2. The predicted molar refractivity (Wildman–Crippen MR) is 65.9 cm³/mol. The topological polar surface area (TPSA) is 75.8 Å². The molecule has 1 atom stereocenters. The third kappa shape index (κ3) is 2.44. The van der Waals surface area contributed by atoms with Crippen LogP contribution in [0, 0.1) is 11.3 Å². The van der Waals surface area contributed by atoms with E-state index in [2.05, 4.69) is 14.9 Å². The molecular weight excluding hydrogens is 238 g/mol. The van der Waals surface area contributed by atoms with Gasteiger partial charge in [-0.25, -0.2) is 0 Å². The molecule has 0 aromatic heterocycles. The molecule has 1 aliphatic heterocycles. The van der Waals surface area contributed by atoms with E-state index in [4.69, 9.17) is 22.4 Å². The summed E-state index contributed by atoms with van der Waals surface area (Å²) in [5.41, 5.74) is 9.81. The Morgan fingerprint density at radius 3 is 3.06 bits per heavy atom. The average Bonchev–Trinajstić information content (AvgIpc) is 2.78. The van der Waals surface area contributed by atoms with E-state index in [0.717, 1.165) is 18.7 Å². The van der Waals surface area contributed by atoms with Crippen molar-refractivity contribution in [2.45, 2.75) is 12.5 Å². The molecule has 1 aromatic rings. The number of anilines is 1. The van der Waals surface area contributed by atoms with Gasteiger partial charge in [0, 0.05) is 23.7 Å². The molecule has 0 bridgehead atoms. The smallest absolute Gasteiger partial charge is 0.101 e. The van der Waals surface area contributed by atoms with Gasteiger partial charge in [-0.3, -0.25) is 0 Å². The van der Waals surface area contributed by atoms with E-state index < -0.39 is 0 Å². The van der Waals surface area contributed by atoms with Crippen molar-refractivity contribution in [2.75, 3.05) is 18.0 Å². The second kappa shape index (κ2) is 4.96. The zero-order valence-electron chi connectivity index (χ0n) is 9.04. The Bertz CT molecular complexity index is 515. The Balaban J connectivity index is 2.17. The molecule has 0 amide bonds. The molecule has 0 saturated carbocycles. The molecule has 6 heteroatoms. The van der Waals surface area contributed by atoms with Gasteiger partial charge >= 0.3 is 0 Å². The lowest BCUT2D eigenvalue weighted by Gasteiger charge is -2.18. The molecule has 0 aliphatic carbocycles. The Hall–Kier alpha value is -1.89. The molecule has 1 aliphatic rings. The zero-order valence-corrected chi connectivity index (χ0v) is 9.80. The highest BCUT2D eigenvalue weighted by Gasteiger charge is 2.21. The third-order valence-electron chi connectivity index (χ3n) is 2.82. The largest absolute Gasteiger partial charge is 0.371 e. The number of hydrogen-bond acceptors (Lipinski definition) is 3. The number of halogens is 1. The maximum absolute atomic E-state index is 8.78. The summed E-state index contributed by atoms with van der Waals surface area (Å²) in [5.74, 6) is 0. The number of benzene rings is 1. The Morgan fingerprint density at radius 1 is 1.59 bits per heavy atom. The van der Waals surface area contributed by atoms with Gasteiger partial charge < -0.3 is 4.90 Å². The number of nitrogens with zero attached hydrogens (tertiary/aromatic N) is 5. The molecule has 1 aromatic carbocycles. The standard InChI is InChI=1S/C11H10ClN5/c12-11-5-10(2-1-8(11)6-13)17-4-3-9(7-17)15-16-14/h1-2,5,9H,3-4,7H2/t9-/m0/s1. The van der Waals surface area contributed by atoms with Gasteiger partial charge in [0.25, 0.3) is 0 Å². The van der Waals surface area contributed by atoms with Gasteiger partial charge in [0.1, 0.15) is 6.07 Å². The van der Waals surface area contributed by atoms with Crippen LogP contribution >= 0.6 is 11.6 Å². The molecule has 1 saturated heterocycles. The maximum Gasteiger partial charge on any atom is 0.101 e. The van der Waals surface area contributed by atoms with E-state index >= 15 is 0 Å². The summed E-state index contributed by atoms with van der Waals surface area (Å²) in [7, 11) is 0. The van der Waals surface area contributed by atoms with Crippen LogP contribution in [0.2, 0.25) is 5.02 Å². The molecule has 86 valence electrons. The minimum absolute atomic E-state index is 0.0226. The molecule has 0 N–H and O–H groups in total. The summed E-state index contributed by atoms with van der Waals surface area (Å²) < 4.78 is 0. The van der Waals surface area contributed by atoms with Crippen molar-refractivity contribution in [3.05, 3.63) is 39.2 Å². The van der Waals surface area contributed by atoms with E-state index in [9.17, 15) is 0 Å². The van der Waals surface area contributed by atoms with Gasteiger partial charge in [-0.05, 0) is 30.2 Å². The summed E-state index contributed by atoms with van der Waals surface area (Å²) in [4.78, 5) is 4.92. The molecule has 1 heterocycles. The molecule has 0 spiro atoms. The highest BCUT2D eigenvalue weighted by atomic mass is 35.5. The van der Waals surface area contributed by atoms with Crippen molar-refractivity contribution >= 4 is 17.3 Å². The fraction of sp³-hybridized carbons (Fsp3) is 0.364. The molecule has 2 rings (SSSR count). The van der Waals surface area contributed by atoms with Gasteiger partial charge in [0.05, 0.1) is 16.6 Å². The first-order valence-corrected chi connectivity index (χ1v) is 5.61. The lowest BCUT2D eigenvalue weighted by Crippen LogP contribution is -2.20. The summed E-state index contributed by atoms with van der Waals surface area (Å²) in [6.45, 7) is 1.54. The fourth-order valence-corrected chi connectivity index (χ4v) is 2.15. The van der Waals surface area contributed by atoms with E-state index in [1.165, 1.54) is 0 Å². The van der Waals surface area contributed by atoms with Crippen LogP contribution in [0.5, 0.6) is 0 Å². The Morgan fingerprint density at radius 2 is 2.41 bits per heavy atom. The molecule has 0 radical (unpaired) electrons. The van der Waals surface area contributed by atoms with Crippen molar-refractivity contribution in [1.82, 2.24) is 0 Å².